The van der Waals surface area contributed by atoms with Crippen LogP contribution in [0.1, 0.15) is 105 Å². The Labute approximate surface area is 264 Å². The lowest BCUT2D eigenvalue weighted by atomic mass is 9.69. The van der Waals surface area contributed by atoms with Crippen molar-refractivity contribution < 1.29 is 9.53 Å². The first-order chi connectivity index (χ1) is 21.1. The van der Waals surface area contributed by atoms with Crippen molar-refractivity contribution in [2.24, 2.45) is 0 Å². The highest BCUT2D eigenvalue weighted by atomic mass is 35.5. The van der Waals surface area contributed by atoms with Crippen LogP contribution in [0, 0.1) is 0 Å². The normalized spacial score (nSPS) is 18.4. The summed E-state index contributed by atoms with van der Waals surface area (Å²) >= 11 is 6.56. The van der Waals surface area contributed by atoms with Crippen LogP contribution < -0.4 is 5.56 Å². The van der Waals surface area contributed by atoms with Crippen LogP contribution in [-0.2, 0) is 16.7 Å². The van der Waals surface area contributed by atoms with E-state index in [1.807, 2.05) is 57.2 Å². The third-order valence-corrected chi connectivity index (χ3v) is 10.1. The molecule has 3 aromatic carbocycles. The number of nitrogens with zero attached hydrogens (tertiary/aromatic N) is 3. The molecule has 3 heterocycles. The Morgan fingerprint density at radius 3 is 2.43 bits per heavy atom. The van der Waals surface area contributed by atoms with Gasteiger partial charge in [-0.2, -0.15) is 4.98 Å². The van der Waals surface area contributed by atoms with Gasteiger partial charge in [0.2, 0.25) is 0 Å². The van der Waals surface area contributed by atoms with E-state index in [-0.39, 0.29) is 16.9 Å². The van der Waals surface area contributed by atoms with Crippen LogP contribution in [0.5, 0.6) is 0 Å². The maximum atomic E-state index is 13.3. The molecule has 7 rings (SSSR count). The summed E-state index contributed by atoms with van der Waals surface area (Å²) in [6.45, 7) is 8.55. The number of carbonyl (C=O) groups excluding carboxylic acids is 1. The van der Waals surface area contributed by atoms with Gasteiger partial charge in [0, 0.05) is 6.54 Å². The van der Waals surface area contributed by atoms with E-state index >= 15 is 0 Å². The quantitative estimate of drug-likeness (QED) is 0.220. The number of hydrogen-bond donors (Lipinski definition) is 0. The molecule has 228 valence electrons. The van der Waals surface area contributed by atoms with Gasteiger partial charge in [0.1, 0.15) is 11.4 Å². The van der Waals surface area contributed by atoms with Gasteiger partial charge in [-0.1, -0.05) is 61.2 Å². The third-order valence-electron chi connectivity index (χ3n) is 9.83. The van der Waals surface area contributed by atoms with Crippen molar-refractivity contribution >= 4 is 28.5 Å². The number of aromatic nitrogens is 2. The fraction of sp³-hybridized carbons (Fsp3) is 0.432. The summed E-state index contributed by atoms with van der Waals surface area (Å²) in [6, 6.07) is 20.6. The molecule has 1 aromatic heterocycles. The topological polar surface area (TPSA) is 64.4 Å². The summed E-state index contributed by atoms with van der Waals surface area (Å²) in [6.07, 6.45) is 7.73. The number of piperidine rings is 1. The minimum atomic E-state index is -0.503. The Balaban J connectivity index is 1.12. The van der Waals surface area contributed by atoms with Crippen LogP contribution in [0.25, 0.3) is 16.6 Å². The minimum absolute atomic E-state index is 0.204. The van der Waals surface area contributed by atoms with E-state index in [9.17, 15) is 9.59 Å². The molecule has 2 fully saturated rings. The average molecular weight is 610 g/mol. The number of carbonyl (C=O) groups is 1. The number of halogens is 1. The highest BCUT2D eigenvalue weighted by molar-refractivity contribution is 6.35. The van der Waals surface area contributed by atoms with Gasteiger partial charge < -0.3 is 4.74 Å². The average Bonchev–Trinajstić information content (AvgIpc) is 3.25. The van der Waals surface area contributed by atoms with E-state index in [4.69, 9.17) is 21.3 Å². The van der Waals surface area contributed by atoms with Crippen LogP contribution in [0.4, 0.5) is 0 Å². The Bertz CT molecular complexity index is 1790. The zero-order chi connectivity index (χ0) is 30.6. The van der Waals surface area contributed by atoms with Gasteiger partial charge in [-0.25, -0.2) is 4.79 Å². The SMILES string of the molecule is CC(C)(C)OC(=O)c1ccc(CN2CCC(c3ccc4c(c3)-n3c(nc(=O)c5c(Cl)cccc53)C43CCCCC3)CC2)cc1. The third kappa shape index (κ3) is 5.16. The molecule has 7 heteroatoms. The highest BCUT2D eigenvalue weighted by Gasteiger charge is 2.46. The van der Waals surface area contributed by atoms with Gasteiger partial charge in [0.15, 0.2) is 0 Å². The van der Waals surface area contributed by atoms with Crippen molar-refractivity contribution in [2.45, 2.75) is 89.2 Å². The zero-order valence-electron chi connectivity index (χ0n) is 25.9. The predicted molar refractivity (Wildman–Crippen MR) is 175 cm³/mol. The summed E-state index contributed by atoms with van der Waals surface area (Å²) in [5.74, 6) is 1.09. The predicted octanol–water partition coefficient (Wildman–Crippen LogP) is 7.94. The molecule has 0 N–H and O–H groups in total. The number of fused-ring (bicyclic) bond motifs is 7. The highest BCUT2D eigenvalue weighted by Crippen LogP contribution is 2.52. The number of rotatable bonds is 4. The largest absolute Gasteiger partial charge is 0.456 e. The van der Waals surface area contributed by atoms with E-state index in [0.717, 1.165) is 69.5 Å². The summed E-state index contributed by atoms with van der Waals surface area (Å²) in [5, 5.41) is 0.971. The van der Waals surface area contributed by atoms with Crippen molar-refractivity contribution in [3.8, 4) is 5.69 Å². The Kier molecular flexibility index (Phi) is 7.41. The molecule has 2 aliphatic heterocycles. The maximum absolute atomic E-state index is 13.3. The number of esters is 1. The van der Waals surface area contributed by atoms with Crippen LogP contribution in [0.15, 0.2) is 65.5 Å². The zero-order valence-corrected chi connectivity index (χ0v) is 26.6. The van der Waals surface area contributed by atoms with Crippen molar-refractivity contribution in [3.63, 3.8) is 0 Å². The van der Waals surface area contributed by atoms with Crippen LogP contribution >= 0.6 is 11.6 Å². The van der Waals surface area contributed by atoms with E-state index in [1.54, 1.807) is 6.07 Å². The first-order valence-corrected chi connectivity index (χ1v) is 16.4. The Hall–Kier alpha value is -3.48. The second-order valence-electron chi connectivity index (χ2n) is 13.9. The van der Waals surface area contributed by atoms with Gasteiger partial charge in [0.25, 0.3) is 5.56 Å². The maximum Gasteiger partial charge on any atom is 0.338 e. The molecule has 44 heavy (non-hydrogen) atoms. The molecule has 0 unspecified atom stereocenters. The van der Waals surface area contributed by atoms with E-state index in [0.29, 0.717) is 21.9 Å². The molecule has 1 saturated carbocycles. The van der Waals surface area contributed by atoms with Crippen molar-refractivity contribution in [1.29, 1.82) is 0 Å². The van der Waals surface area contributed by atoms with Crippen LogP contribution in [0.2, 0.25) is 5.02 Å². The molecular weight excluding hydrogens is 570 g/mol. The first kappa shape index (κ1) is 29.2. The van der Waals surface area contributed by atoms with Crippen molar-refractivity contribution in [1.82, 2.24) is 14.5 Å². The molecule has 0 atom stereocenters. The fourth-order valence-electron chi connectivity index (χ4n) is 7.72. The molecule has 0 amide bonds. The van der Waals surface area contributed by atoms with Gasteiger partial charge >= 0.3 is 5.97 Å². The van der Waals surface area contributed by atoms with Crippen LogP contribution in [0.3, 0.4) is 0 Å². The summed E-state index contributed by atoms with van der Waals surface area (Å²) in [4.78, 5) is 32.9. The lowest BCUT2D eigenvalue weighted by Gasteiger charge is -2.34. The van der Waals surface area contributed by atoms with Crippen LogP contribution in [-0.4, -0.2) is 39.1 Å². The fourth-order valence-corrected chi connectivity index (χ4v) is 7.97. The Morgan fingerprint density at radius 1 is 1.00 bits per heavy atom. The summed E-state index contributed by atoms with van der Waals surface area (Å²) < 4.78 is 7.76. The standard InChI is InChI=1S/C37H40ClN3O3/c1-36(2,3)44-34(43)26-12-10-24(11-13-26)23-40-20-16-25(17-21-40)27-14-15-28-31(22-27)41-30-9-7-8-29(38)32(30)33(42)39-35(41)37(28)18-5-4-6-19-37/h7-15,22,25H,4-6,16-21,23H2,1-3H3. The number of hydrogen-bond acceptors (Lipinski definition) is 5. The second-order valence-corrected chi connectivity index (χ2v) is 14.3. The van der Waals surface area contributed by atoms with Gasteiger partial charge in [-0.05, 0) is 112 Å². The first-order valence-electron chi connectivity index (χ1n) is 16.0. The number of ether oxygens (including phenoxy) is 1. The minimum Gasteiger partial charge on any atom is -0.456 e. The number of benzene rings is 3. The summed E-state index contributed by atoms with van der Waals surface area (Å²) in [5.41, 5.74) is 5.57. The lowest BCUT2D eigenvalue weighted by Crippen LogP contribution is -2.32. The smallest absolute Gasteiger partial charge is 0.338 e. The molecule has 1 aliphatic carbocycles. The summed E-state index contributed by atoms with van der Waals surface area (Å²) in [7, 11) is 0. The lowest BCUT2D eigenvalue weighted by molar-refractivity contribution is 0.00695. The van der Waals surface area contributed by atoms with E-state index in [1.165, 1.54) is 28.8 Å². The molecule has 4 aromatic rings. The van der Waals surface area contributed by atoms with Crippen molar-refractivity contribution in [2.75, 3.05) is 13.1 Å². The monoisotopic (exact) mass is 609 g/mol. The van der Waals surface area contributed by atoms with Gasteiger partial charge in [-0.15, -0.1) is 0 Å². The molecule has 0 radical (unpaired) electrons. The van der Waals surface area contributed by atoms with Gasteiger partial charge in [0.05, 0.1) is 32.6 Å². The van der Waals surface area contributed by atoms with E-state index < -0.39 is 5.60 Å². The molecule has 1 spiro atoms. The van der Waals surface area contributed by atoms with E-state index in [2.05, 4.69) is 27.7 Å². The molecular formula is C37H40ClN3O3. The van der Waals surface area contributed by atoms with Crippen molar-refractivity contribution in [3.05, 3.63) is 104 Å². The van der Waals surface area contributed by atoms with Gasteiger partial charge in [-0.3, -0.25) is 14.3 Å². The molecule has 3 aliphatic rings. The molecule has 0 bridgehead atoms. The number of likely N-dealkylation sites (tertiary alicyclic amines) is 1. The molecule has 6 nitrogen and oxygen atoms in total. The second kappa shape index (κ2) is 11.1. The molecule has 1 saturated heterocycles. The Morgan fingerprint density at radius 2 is 1.73 bits per heavy atom.